The lowest BCUT2D eigenvalue weighted by Gasteiger charge is -2.28. The van der Waals surface area contributed by atoms with E-state index in [1.165, 1.54) is 44.9 Å². The van der Waals surface area contributed by atoms with E-state index in [0.717, 1.165) is 135 Å². The summed E-state index contributed by atoms with van der Waals surface area (Å²) < 4.78 is 34.2. The fourth-order valence-corrected chi connectivity index (χ4v) is 8.64. The Morgan fingerprint density at radius 3 is 0.988 bits per heavy atom. The molecule has 0 radical (unpaired) electrons. The van der Waals surface area contributed by atoms with Crippen LogP contribution >= 0.6 is 7.82 Å². The van der Waals surface area contributed by atoms with E-state index in [0.29, 0.717) is 23.9 Å². The molecule has 0 aliphatic rings. The SMILES string of the molecule is CC/C=C\C/C=C\C/C=C\C/C=C\C/C=C\C/C=C\C/C=C\C/C=C\C/C=C\CCCCCC(=O)OC(COC(=O)CCCCCCCCCCCCC/C=C\C/C=C\C/C=C\C/C=C\C/C=C\CC)COP(=O)([O-])OCC[N+](C)(C)C. The summed E-state index contributed by atoms with van der Waals surface area (Å²) in [7, 11) is 1.12. The van der Waals surface area contributed by atoms with Crippen molar-refractivity contribution in [1.82, 2.24) is 0 Å². The number of hydrogen-bond acceptors (Lipinski definition) is 8. The second-order valence-corrected chi connectivity index (χ2v) is 23.1. The van der Waals surface area contributed by atoms with E-state index in [2.05, 4.69) is 184 Å². The van der Waals surface area contributed by atoms with Crippen LogP contribution in [0.3, 0.4) is 0 Å². The summed E-state index contributed by atoms with van der Waals surface area (Å²) in [5.74, 6) is -0.888. The summed E-state index contributed by atoms with van der Waals surface area (Å²) in [6.45, 7) is 3.95. The number of phosphoric acid groups is 1. The molecule has 0 aromatic heterocycles. The smallest absolute Gasteiger partial charge is 0.306 e. The minimum Gasteiger partial charge on any atom is -0.756 e. The lowest BCUT2D eigenvalue weighted by atomic mass is 10.0. The second kappa shape index (κ2) is 60.9. The van der Waals surface area contributed by atoms with Crippen molar-refractivity contribution in [3.63, 3.8) is 0 Å². The van der Waals surface area contributed by atoms with Crippen LogP contribution in [0.2, 0.25) is 0 Å². The molecule has 82 heavy (non-hydrogen) atoms. The Labute approximate surface area is 502 Å². The van der Waals surface area contributed by atoms with Crippen LogP contribution in [0, 0.1) is 0 Å². The van der Waals surface area contributed by atoms with Gasteiger partial charge in [-0.05, 0) is 128 Å². The van der Waals surface area contributed by atoms with Gasteiger partial charge in [0.05, 0.1) is 27.7 Å². The third-order valence-electron chi connectivity index (χ3n) is 12.7. The number of hydrogen-bond donors (Lipinski definition) is 0. The number of ether oxygens (including phenoxy) is 2. The number of allylic oxidation sites excluding steroid dienone is 28. The Hall–Kier alpha value is -4.63. The van der Waals surface area contributed by atoms with Crippen LogP contribution in [0.4, 0.5) is 0 Å². The third-order valence-corrected chi connectivity index (χ3v) is 13.7. The van der Waals surface area contributed by atoms with Crippen molar-refractivity contribution in [1.29, 1.82) is 0 Å². The zero-order valence-electron chi connectivity index (χ0n) is 52.4. The van der Waals surface area contributed by atoms with Crippen molar-refractivity contribution in [2.24, 2.45) is 0 Å². The van der Waals surface area contributed by atoms with Crippen molar-refractivity contribution in [2.45, 2.75) is 225 Å². The fraction of sp³-hybridized carbons (Fsp3) is 0.583. The maximum Gasteiger partial charge on any atom is 0.306 e. The average molecular weight is 1150 g/mol. The quantitative estimate of drug-likeness (QED) is 0.0195. The molecule has 0 bridgehead atoms. The van der Waals surface area contributed by atoms with Crippen LogP contribution in [-0.2, 0) is 32.7 Å². The number of rotatable bonds is 56. The van der Waals surface area contributed by atoms with Gasteiger partial charge in [-0.1, -0.05) is 248 Å². The van der Waals surface area contributed by atoms with Gasteiger partial charge in [-0.3, -0.25) is 14.2 Å². The lowest BCUT2D eigenvalue weighted by Crippen LogP contribution is -2.37. The molecule has 0 aliphatic heterocycles. The molecule has 2 atom stereocenters. The van der Waals surface area contributed by atoms with E-state index >= 15 is 0 Å². The molecule has 0 heterocycles. The Morgan fingerprint density at radius 1 is 0.378 bits per heavy atom. The van der Waals surface area contributed by atoms with E-state index in [1.807, 2.05) is 21.1 Å². The molecular formula is C72H116NO8P. The summed E-state index contributed by atoms with van der Waals surface area (Å²) in [6, 6.07) is 0. The lowest BCUT2D eigenvalue weighted by molar-refractivity contribution is -0.870. The van der Waals surface area contributed by atoms with Crippen LogP contribution in [0.1, 0.15) is 219 Å². The minimum absolute atomic E-state index is 0.0481. The highest BCUT2D eigenvalue weighted by molar-refractivity contribution is 7.45. The van der Waals surface area contributed by atoms with Crippen LogP contribution < -0.4 is 4.89 Å². The molecule has 462 valence electrons. The van der Waals surface area contributed by atoms with Gasteiger partial charge in [0, 0.05) is 12.8 Å². The van der Waals surface area contributed by atoms with Crippen molar-refractivity contribution >= 4 is 19.8 Å². The first kappa shape index (κ1) is 77.4. The normalized spacial score (nSPS) is 14.4. The highest BCUT2D eigenvalue weighted by atomic mass is 31.2. The van der Waals surface area contributed by atoms with Gasteiger partial charge < -0.3 is 27.9 Å². The maximum absolute atomic E-state index is 12.8. The number of unbranched alkanes of at least 4 members (excludes halogenated alkanes) is 14. The molecule has 0 aromatic carbocycles. The highest BCUT2D eigenvalue weighted by Gasteiger charge is 2.22. The van der Waals surface area contributed by atoms with Crippen LogP contribution in [0.25, 0.3) is 0 Å². The molecular weight excluding hydrogens is 1040 g/mol. The first-order valence-electron chi connectivity index (χ1n) is 31.8. The molecule has 0 fully saturated rings. The van der Waals surface area contributed by atoms with Crippen LogP contribution in [-0.4, -0.2) is 70.0 Å². The first-order valence-corrected chi connectivity index (χ1v) is 33.3. The van der Waals surface area contributed by atoms with Gasteiger partial charge >= 0.3 is 11.9 Å². The number of carbonyl (C=O) groups is 2. The Morgan fingerprint density at radius 2 is 0.659 bits per heavy atom. The Balaban J connectivity index is 4.26. The van der Waals surface area contributed by atoms with E-state index in [9.17, 15) is 19.0 Å². The molecule has 0 saturated carbocycles. The summed E-state index contributed by atoms with van der Waals surface area (Å²) in [4.78, 5) is 38.0. The van der Waals surface area contributed by atoms with Crippen molar-refractivity contribution in [3.05, 3.63) is 170 Å². The molecule has 0 rings (SSSR count). The molecule has 0 spiro atoms. The topological polar surface area (TPSA) is 111 Å². The van der Waals surface area contributed by atoms with Crippen LogP contribution in [0.15, 0.2) is 170 Å². The standard InChI is InChI=1S/C72H116NO8P/c1-6-8-10-12-14-16-18-20-22-24-26-28-30-32-34-35-36-37-39-41-43-45-47-49-51-53-55-57-59-61-63-65-72(75)81-70(69-80-82(76,77)79-67-66-73(3,4)5)68-78-71(74)64-62-60-58-56-54-52-50-48-46-44-42-40-38-33-31-29-27-25-23-21-19-17-15-13-11-9-7-2/h8-11,14-17,20-23,26-29,32-34,36-38,41,43,47,49,53,55,70H,6-7,12-13,18-19,24-25,30-31,35,39-40,42,44-46,48,50-52,54,56-69H2,1-5H3/b10-8-,11-9-,16-14-,17-15-,22-20-,23-21-,28-26-,29-27-,34-32-,37-36-,38-33-,43-41-,49-47-,55-53-. The van der Waals surface area contributed by atoms with Gasteiger partial charge in [0.1, 0.15) is 19.8 Å². The van der Waals surface area contributed by atoms with Gasteiger partial charge in [0.15, 0.2) is 6.10 Å². The Kier molecular flexibility index (Phi) is 57.5. The van der Waals surface area contributed by atoms with Gasteiger partial charge in [-0.15, -0.1) is 0 Å². The van der Waals surface area contributed by atoms with Crippen molar-refractivity contribution in [3.8, 4) is 0 Å². The monoisotopic (exact) mass is 1150 g/mol. The molecule has 0 amide bonds. The molecule has 10 heteroatoms. The highest BCUT2D eigenvalue weighted by Crippen LogP contribution is 2.38. The van der Waals surface area contributed by atoms with Gasteiger partial charge in [-0.2, -0.15) is 0 Å². The van der Waals surface area contributed by atoms with E-state index < -0.39 is 32.5 Å². The molecule has 2 unspecified atom stereocenters. The number of esters is 2. The zero-order valence-corrected chi connectivity index (χ0v) is 53.3. The zero-order chi connectivity index (χ0) is 59.8. The molecule has 0 aliphatic carbocycles. The molecule has 9 nitrogen and oxygen atoms in total. The maximum atomic E-state index is 12.8. The van der Waals surface area contributed by atoms with Gasteiger partial charge in [0.25, 0.3) is 7.82 Å². The minimum atomic E-state index is -4.66. The van der Waals surface area contributed by atoms with Crippen molar-refractivity contribution < 1.29 is 42.1 Å². The number of nitrogens with zero attached hydrogens (tertiary/aromatic N) is 1. The fourth-order valence-electron chi connectivity index (χ4n) is 7.91. The van der Waals surface area contributed by atoms with Crippen LogP contribution in [0.5, 0.6) is 0 Å². The largest absolute Gasteiger partial charge is 0.756 e. The summed E-state index contributed by atoms with van der Waals surface area (Å²) >= 11 is 0. The molecule has 0 N–H and O–H groups in total. The molecule has 0 saturated heterocycles. The summed E-state index contributed by atoms with van der Waals surface area (Å²) in [5, 5.41) is 0. The second-order valence-electron chi connectivity index (χ2n) is 21.7. The number of carbonyl (C=O) groups excluding carboxylic acids is 2. The molecule has 0 aromatic rings. The predicted molar refractivity (Wildman–Crippen MR) is 350 cm³/mol. The predicted octanol–water partition coefficient (Wildman–Crippen LogP) is 20.0. The van der Waals surface area contributed by atoms with Gasteiger partial charge in [0.2, 0.25) is 0 Å². The number of phosphoric ester groups is 1. The average Bonchev–Trinajstić information content (AvgIpc) is 3.46. The van der Waals surface area contributed by atoms with Crippen molar-refractivity contribution in [2.75, 3.05) is 47.5 Å². The summed E-state index contributed by atoms with van der Waals surface area (Å²) in [6.07, 6.45) is 92.6. The number of quaternary nitrogens is 1. The third kappa shape index (κ3) is 64.5. The van der Waals surface area contributed by atoms with E-state index in [1.54, 1.807) is 0 Å². The van der Waals surface area contributed by atoms with Gasteiger partial charge in [-0.25, -0.2) is 0 Å². The first-order chi connectivity index (χ1) is 40.0. The Bertz CT molecular complexity index is 1990. The summed E-state index contributed by atoms with van der Waals surface area (Å²) in [5.41, 5.74) is 0. The van der Waals surface area contributed by atoms with E-state index in [4.69, 9.17) is 18.5 Å². The van der Waals surface area contributed by atoms with E-state index in [-0.39, 0.29) is 26.1 Å². The number of likely N-dealkylation sites (N-methyl/N-ethyl adjacent to an activating group) is 1.